The van der Waals surface area contributed by atoms with E-state index in [1.54, 1.807) is 0 Å². The second-order valence-corrected chi connectivity index (χ2v) is 5.00. The van der Waals surface area contributed by atoms with Crippen LogP contribution in [0.2, 0.25) is 0 Å². The monoisotopic (exact) mass is 269 g/mol. The van der Waals surface area contributed by atoms with E-state index in [4.69, 9.17) is 15.2 Å². The number of nitrogens with two attached hydrogens (primary N) is 1. The number of hydrogen-bond acceptors (Lipinski definition) is 4. The van der Waals surface area contributed by atoms with Crippen molar-refractivity contribution in [3.05, 3.63) is 23.8 Å². The van der Waals surface area contributed by atoms with Crippen molar-refractivity contribution in [3.63, 3.8) is 0 Å². The molecule has 0 aliphatic carbocycles. The maximum absolute atomic E-state index is 5.78. The van der Waals surface area contributed by atoms with Gasteiger partial charge in [-0.05, 0) is 30.9 Å². The summed E-state index contributed by atoms with van der Waals surface area (Å²) in [4.78, 5) is 0. The second kappa shape index (κ2) is 9.11. The van der Waals surface area contributed by atoms with Gasteiger partial charge in [-0.25, -0.2) is 0 Å². The minimum Gasteiger partial charge on any atom is -0.493 e. The predicted molar refractivity (Wildman–Crippen MR) is 78.6 cm³/mol. The number of benzene rings is 1. The molecule has 102 valence electrons. The van der Waals surface area contributed by atoms with Crippen LogP contribution in [0.5, 0.6) is 11.5 Å². The Bertz CT molecular complexity index is 345. The summed E-state index contributed by atoms with van der Waals surface area (Å²) in [5, 5.41) is 0. The second-order valence-electron chi connectivity index (χ2n) is 4.02. The summed E-state index contributed by atoms with van der Waals surface area (Å²) in [6.45, 7) is 4.04. The van der Waals surface area contributed by atoms with Crippen LogP contribution in [-0.2, 0) is 6.54 Å². The highest BCUT2D eigenvalue weighted by atomic mass is 32.2. The lowest BCUT2D eigenvalue weighted by atomic mass is 10.2. The highest BCUT2D eigenvalue weighted by Gasteiger charge is 2.05. The molecule has 0 aliphatic rings. The van der Waals surface area contributed by atoms with Crippen LogP contribution >= 0.6 is 11.8 Å². The maximum Gasteiger partial charge on any atom is 0.127 e. The van der Waals surface area contributed by atoms with Gasteiger partial charge in [0, 0.05) is 18.2 Å². The van der Waals surface area contributed by atoms with Gasteiger partial charge in [0.25, 0.3) is 0 Å². The molecule has 0 saturated carbocycles. The highest BCUT2D eigenvalue weighted by Crippen LogP contribution is 2.25. The number of rotatable bonds is 9. The van der Waals surface area contributed by atoms with Gasteiger partial charge in [-0.1, -0.05) is 13.0 Å². The minimum atomic E-state index is 0.492. The molecule has 0 atom stereocenters. The Kier molecular flexibility index (Phi) is 7.69. The third kappa shape index (κ3) is 5.19. The van der Waals surface area contributed by atoms with Crippen molar-refractivity contribution >= 4 is 11.8 Å². The van der Waals surface area contributed by atoms with Crippen molar-refractivity contribution in [2.75, 3.05) is 25.2 Å². The zero-order valence-corrected chi connectivity index (χ0v) is 12.1. The Morgan fingerprint density at radius 2 is 2.06 bits per heavy atom. The van der Waals surface area contributed by atoms with E-state index in [-0.39, 0.29) is 0 Å². The van der Waals surface area contributed by atoms with Crippen LogP contribution < -0.4 is 15.2 Å². The molecular formula is C14H23NO2S. The Morgan fingerprint density at radius 1 is 1.22 bits per heavy atom. The van der Waals surface area contributed by atoms with Crippen molar-refractivity contribution in [3.8, 4) is 11.5 Å². The SMILES string of the molecule is CCCOc1ccc(CN)c(OCCCSC)c1. The first kappa shape index (κ1) is 15.2. The molecule has 1 aromatic rings. The van der Waals surface area contributed by atoms with Crippen molar-refractivity contribution < 1.29 is 9.47 Å². The summed E-state index contributed by atoms with van der Waals surface area (Å²) < 4.78 is 11.4. The molecule has 0 bridgehead atoms. The molecule has 0 spiro atoms. The van der Waals surface area contributed by atoms with E-state index in [1.165, 1.54) is 0 Å². The average Bonchev–Trinajstić information content (AvgIpc) is 2.41. The summed E-state index contributed by atoms with van der Waals surface area (Å²) in [5.41, 5.74) is 6.74. The molecule has 2 N–H and O–H groups in total. The summed E-state index contributed by atoms with van der Waals surface area (Å²) in [6, 6.07) is 5.87. The fourth-order valence-electron chi connectivity index (χ4n) is 1.53. The van der Waals surface area contributed by atoms with E-state index in [0.29, 0.717) is 6.54 Å². The van der Waals surface area contributed by atoms with Crippen LogP contribution in [-0.4, -0.2) is 25.2 Å². The van der Waals surface area contributed by atoms with Gasteiger partial charge in [-0.15, -0.1) is 0 Å². The predicted octanol–water partition coefficient (Wildman–Crippen LogP) is 3.07. The van der Waals surface area contributed by atoms with Gasteiger partial charge in [0.15, 0.2) is 0 Å². The lowest BCUT2D eigenvalue weighted by molar-refractivity contribution is 0.300. The van der Waals surface area contributed by atoms with Gasteiger partial charge in [-0.2, -0.15) is 11.8 Å². The van der Waals surface area contributed by atoms with Crippen LogP contribution in [0.1, 0.15) is 25.3 Å². The van der Waals surface area contributed by atoms with Gasteiger partial charge in [-0.3, -0.25) is 0 Å². The normalized spacial score (nSPS) is 10.4. The quantitative estimate of drug-likeness (QED) is 0.700. The first-order valence-electron chi connectivity index (χ1n) is 6.39. The third-order valence-corrected chi connectivity index (χ3v) is 3.18. The third-order valence-electron chi connectivity index (χ3n) is 2.48. The standard InChI is InChI=1S/C14H23NO2S/c1-3-7-16-13-6-5-12(11-15)14(10-13)17-8-4-9-18-2/h5-6,10H,3-4,7-9,11,15H2,1-2H3. The Labute approximate surface area is 114 Å². The van der Waals surface area contributed by atoms with Gasteiger partial charge < -0.3 is 15.2 Å². The fourth-order valence-corrected chi connectivity index (χ4v) is 1.94. The zero-order valence-electron chi connectivity index (χ0n) is 11.3. The molecule has 0 heterocycles. The topological polar surface area (TPSA) is 44.5 Å². The molecule has 0 radical (unpaired) electrons. The molecule has 1 rings (SSSR count). The van der Waals surface area contributed by atoms with Crippen LogP contribution in [0.15, 0.2) is 18.2 Å². The Hall–Kier alpha value is -0.870. The lowest BCUT2D eigenvalue weighted by Gasteiger charge is -2.12. The number of ether oxygens (including phenoxy) is 2. The van der Waals surface area contributed by atoms with Crippen molar-refractivity contribution in [1.82, 2.24) is 0 Å². The Morgan fingerprint density at radius 3 is 2.72 bits per heavy atom. The van der Waals surface area contributed by atoms with Gasteiger partial charge >= 0.3 is 0 Å². The van der Waals surface area contributed by atoms with Crippen LogP contribution in [0, 0.1) is 0 Å². The van der Waals surface area contributed by atoms with E-state index in [9.17, 15) is 0 Å². The molecule has 1 aromatic carbocycles. The van der Waals surface area contributed by atoms with Crippen LogP contribution in [0.3, 0.4) is 0 Å². The maximum atomic E-state index is 5.78. The molecular weight excluding hydrogens is 246 g/mol. The molecule has 3 nitrogen and oxygen atoms in total. The smallest absolute Gasteiger partial charge is 0.127 e. The largest absolute Gasteiger partial charge is 0.493 e. The van der Waals surface area contributed by atoms with E-state index < -0.39 is 0 Å². The Balaban J connectivity index is 2.60. The fraction of sp³-hybridized carbons (Fsp3) is 0.571. The highest BCUT2D eigenvalue weighted by molar-refractivity contribution is 7.98. The molecule has 18 heavy (non-hydrogen) atoms. The van der Waals surface area contributed by atoms with E-state index in [0.717, 1.165) is 48.9 Å². The molecule has 0 aliphatic heterocycles. The minimum absolute atomic E-state index is 0.492. The summed E-state index contributed by atoms with van der Waals surface area (Å²) in [6.07, 6.45) is 4.15. The van der Waals surface area contributed by atoms with E-state index >= 15 is 0 Å². The molecule has 4 heteroatoms. The average molecular weight is 269 g/mol. The summed E-state index contributed by atoms with van der Waals surface area (Å²) >= 11 is 1.83. The first-order chi connectivity index (χ1) is 8.81. The van der Waals surface area contributed by atoms with Crippen LogP contribution in [0.25, 0.3) is 0 Å². The molecule has 0 saturated heterocycles. The van der Waals surface area contributed by atoms with Crippen molar-refractivity contribution in [2.45, 2.75) is 26.3 Å². The molecule has 0 fully saturated rings. The molecule has 0 aromatic heterocycles. The zero-order chi connectivity index (χ0) is 13.2. The van der Waals surface area contributed by atoms with E-state index in [2.05, 4.69) is 13.2 Å². The van der Waals surface area contributed by atoms with E-state index in [1.807, 2.05) is 30.0 Å². The summed E-state index contributed by atoms with van der Waals surface area (Å²) in [5.74, 6) is 2.82. The lowest BCUT2D eigenvalue weighted by Crippen LogP contribution is -2.05. The number of thioether (sulfide) groups is 1. The van der Waals surface area contributed by atoms with Crippen molar-refractivity contribution in [2.24, 2.45) is 5.73 Å². The van der Waals surface area contributed by atoms with Crippen LogP contribution in [0.4, 0.5) is 0 Å². The first-order valence-corrected chi connectivity index (χ1v) is 7.78. The number of hydrogen-bond donors (Lipinski definition) is 1. The van der Waals surface area contributed by atoms with Gasteiger partial charge in [0.2, 0.25) is 0 Å². The van der Waals surface area contributed by atoms with Crippen molar-refractivity contribution in [1.29, 1.82) is 0 Å². The molecule has 0 amide bonds. The van der Waals surface area contributed by atoms with Gasteiger partial charge in [0.05, 0.1) is 13.2 Å². The molecule has 0 unspecified atom stereocenters. The van der Waals surface area contributed by atoms with Gasteiger partial charge in [0.1, 0.15) is 11.5 Å². The summed E-state index contributed by atoms with van der Waals surface area (Å²) in [7, 11) is 0.